The van der Waals surface area contributed by atoms with E-state index >= 15 is 0 Å². The van der Waals surface area contributed by atoms with Gasteiger partial charge in [0.25, 0.3) is 0 Å². The third kappa shape index (κ3) is 4.54. The molecular formula is C18H20Br2Ti. The molecule has 21 heavy (non-hydrogen) atoms. The zero-order chi connectivity index (χ0) is 13.1. The Labute approximate surface area is 158 Å². The van der Waals surface area contributed by atoms with Crippen LogP contribution in [0, 0.1) is 0 Å². The minimum atomic E-state index is -0.0498. The molecule has 1 aromatic rings. The van der Waals surface area contributed by atoms with E-state index in [9.17, 15) is 0 Å². The van der Waals surface area contributed by atoms with Gasteiger partial charge in [0, 0.05) is 0 Å². The van der Waals surface area contributed by atoms with Crippen molar-refractivity contribution >= 4 is 6.08 Å². The predicted molar refractivity (Wildman–Crippen MR) is 78.5 cm³/mol. The number of fused-ring (bicyclic) bond motifs is 1. The average molecular weight is 444 g/mol. The largest absolute Gasteiger partial charge is 1.00 e. The molecule has 3 rings (SSSR count). The number of benzene rings is 1. The monoisotopic (exact) mass is 442 g/mol. The van der Waals surface area contributed by atoms with Gasteiger partial charge in [-0.05, 0) is 0 Å². The van der Waals surface area contributed by atoms with Gasteiger partial charge in [-0.3, -0.25) is 0 Å². The molecule has 0 saturated carbocycles. The maximum Gasteiger partial charge on any atom is -1.00 e. The van der Waals surface area contributed by atoms with Crippen molar-refractivity contribution in [3.63, 3.8) is 0 Å². The minimum Gasteiger partial charge on any atom is -1.00 e. The van der Waals surface area contributed by atoms with Crippen molar-refractivity contribution in [1.29, 1.82) is 0 Å². The molecule has 2 aliphatic carbocycles. The van der Waals surface area contributed by atoms with E-state index in [1.807, 2.05) is 0 Å². The van der Waals surface area contributed by atoms with Crippen LogP contribution in [0.3, 0.4) is 0 Å². The first kappa shape index (κ1) is 19.2. The molecule has 0 spiro atoms. The number of unbranched alkanes of at least 4 members (excludes halogenated alkanes) is 1. The number of halogens is 2. The van der Waals surface area contributed by atoms with Crippen molar-refractivity contribution < 1.29 is 53.1 Å². The van der Waals surface area contributed by atoms with E-state index in [0.29, 0.717) is 0 Å². The van der Waals surface area contributed by atoms with Crippen LogP contribution in [0.15, 0.2) is 51.9 Å². The van der Waals surface area contributed by atoms with E-state index in [0.717, 1.165) is 4.22 Å². The molecular weight excluding hydrogens is 424 g/mol. The summed E-state index contributed by atoms with van der Waals surface area (Å²) in [5, 5.41) is 0. The number of rotatable bonds is 5. The molecule has 0 aromatic heterocycles. The topological polar surface area (TPSA) is 0 Å². The van der Waals surface area contributed by atoms with E-state index in [2.05, 4.69) is 55.5 Å². The van der Waals surface area contributed by atoms with Crippen LogP contribution in [0.4, 0.5) is 0 Å². The Hall–Kier alpha value is 0.114. The van der Waals surface area contributed by atoms with Gasteiger partial charge in [0.1, 0.15) is 0 Å². The third-order valence-corrected chi connectivity index (χ3v) is 6.59. The van der Waals surface area contributed by atoms with Crippen molar-refractivity contribution in [3.8, 4) is 0 Å². The summed E-state index contributed by atoms with van der Waals surface area (Å²) in [5.41, 5.74) is 4.68. The summed E-state index contributed by atoms with van der Waals surface area (Å²) in [6.07, 6.45) is 14.7. The molecule has 0 aliphatic heterocycles. The molecule has 3 heteroatoms. The molecule has 0 heterocycles. The second-order valence-electron chi connectivity index (χ2n) is 5.32. The zero-order valence-electron chi connectivity index (χ0n) is 12.3. The number of hydrogen-bond acceptors (Lipinski definition) is 0. The van der Waals surface area contributed by atoms with Gasteiger partial charge in [-0.1, -0.05) is 0 Å². The maximum absolute atomic E-state index is 2.44. The Kier molecular flexibility index (Phi) is 8.48. The van der Waals surface area contributed by atoms with Gasteiger partial charge < -0.3 is 34.0 Å². The molecule has 110 valence electrons. The first-order valence-corrected chi connectivity index (χ1v) is 8.99. The van der Waals surface area contributed by atoms with E-state index in [-0.39, 0.29) is 53.1 Å². The normalized spacial score (nSPS) is 18.0. The number of hydrogen-bond donors (Lipinski definition) is 0. The molecule has 0 saturated heterocycles. The summed E-state index contributed by atoms with van der Waals surface area (Å²) in [4.78, 5) is 0. The molecule has 0 nitrogen and oxygen atoms in total. The molecule has 1 unspecified atom stereocenters. The molecule has 0 fully saturated rings. The number of allylic oxidation sites excluding steroid dienone is 5. The van der Waals surface area contributed by atoms with Crippen LogP contribution in [0.5, 0.6) is 0 Å². The summed E-state index contributed by atoms with van der Waals surface area (Å²) < 4.78 is 2.52. The standard InChI is InChI=1S/C9H7.C9H13.2BrH.Ti/c1-2-5-9-7-3-6-8(9)4-1;1-2-3-6-9-7-4-5-8-9;;;/h1-7H;4,7H,2-3,5-6H2,1H3;2*1H;/q;;;;+2/p-2. The van der Waals surface area contributed by atoms with Crippen LogP contribution in [-0.4, -0.2) is 0 Å². The van der Waals surface area contributed by atoms with Gasteiger partial charge in [0.2, 0.25) is 0 Å². The molecule has 0 radical (unpaired) electrons. The fraction of sp³-hybridized carbons (Fsp3) is 0.333. The second-order valence-corrected chi connectivity index (χ2v) is 7.69. The quantitative estimate of drug-likeness (QED) is 0.525. The van der Waals surface area contributed by atoms with Crippen LogP contribution in [0.25, 0.3) is 6.08 Å². The van der Waals surface area contributed by atoms with Crippen LogP contribution >= 0.6 is 0 Å². The van der Waals surface area contributed by atoms with E-state index in [1.54, 1.807) is 15.0 Å². The Balaban J connectivity index is 0.00000110. The van der Waals surface area contributed by atoms with E-state index in [1.165, 1.54) is 31.2 Å². The van der Waals surface area contributed by atoms with Crippen molar-refractivity contribution in [2.75, 3.05) is 0 Å². The molecule has 2 aliphatic rings. The third-order valence-electron chi connectivity index (χ3n) is 3.96. The molecule has 1 atom stereocenters. The molecule has 0 bridgehead atoms. The maximum atomic E-state index is 2.44. The average Bonchev–Trinajstić information content (AvgIpc) is 3.05. The van der Waals surface area contributed by atoms with Crippen molar-refractivity contribution in [2.24, 2.45) is 0 Å². The summed E-state index contributed by atoms with van der Waals surface area (Å²) >= 11 is -0.0498. The van der Waals surface area contributed by atoms with E-state index in [4.69, 9.17) is 0 Å². The SMILES string of the molecule is CCCCC1=[C]([Ti+2][CH]2C=Cc3ccccc32)CC=C1.[Br-].[Br-]. The first-order chi connectivity index (χ1) is 9.38. The first-order valence-electron chi connectivity index (χ1n) is 7.30. The molecule has 0 amide bonds. The van der Waals surface area contributed by atoms with Crippen LogP contribution in [0.2, 0.25) is 0 Å². The summed E-state index contributed by atoms with van der Waals surface area (Å²) in [5.74, 6) is 0. The smallest absolute Gasteiger partial charge is 1.00 e. The Bertz CT molecular complexity index is 558. The van der Waals surface area contributed by atoms with Gasteiger partial charge in [0.15, 0.2) is 0 Å². The van der Waals surface area contributed by atoms with Crippen LogP contribution < -0.4 is 34.0 Å². The van der Waals surface area contributed by atoms with Gasteiger partial charge >= 0.3 is 125 Å². The fourth-order valence-electron chi connectivity index (χ4n) is 2.87. The van der Waals surface area contributed by atoms with Crippen LogP contribution in [0.1, 0.15) is 48.0 Å². The van der Waals surface area contributed by atoms with E-state index < -0.39 is 0 Å². The van der Waals surface area contributed by atoms with Gasteiger partial charge in [-0.2, -0.15) is 0 Å². The van der Waals surface area contributed by atoms with Gasteiger partial charge in [-0.25, -0.2) is 0 Å². The fourth-order valence-corrected chi connectivity index (χ4v) is 5.39. The van der Waals surface area contributed by atoms with Crippen LogP contribution in [-0.2, 0) is 19.2 Å². The second kappa shape index (κ2) is 9.30. The summed E-state index contributed by atoms with van der Waals surface area (Å²) in [6, 6.07) is 8.90. The predicted octanol–water partition coefficient (Wildman–Crippen LogP) is -0.751. The summed E-state index contributed by atoms with van der Waals surface area (Å²) in [6.45, 7) is 2.28. The Morgan fingerprint density at radius 3 is 2.76 bits per heavy atom. The minimum absolute atomic E-state index is 0. The Morgan fingerprint density at radius 2 is 1.95 bits per heavy atom. The Morgan fingerprint density at radius 1 is 1.14 bits per heavy atom. The van der Waals surface area contributed by atoms with Gasteiger partial charge in [-0.15, -0.1) is 0 Å². The van der Waals surface area contributed by atoms with Crippen molar-refractivity contribution in [1.82, 2.24) is 0 Å². The molecule has 1 aromatic carbocycles. The van der Waals surface area contributed by atoms with Crippen molar-refractivity contribution in [3.05, 3.63) is 63.1 Å². The molecule has 0 N–H and O–H groups in total. The zero-order valence-corrected chi connectivity index (χ0v) is 17.0. The van der Waals surface area contributed by atoms with Gasteiger partial charge in [0.05, 0.1) is 0 Å². The van der Waals surface area contributed by atoms with Crippen molar-refractivity contribution in [2.45, 2.75) is 36.8 Å². The summed E-state index contributed by atoms with van der Waals surface area (Å²) in [7, 11) is 0.